The highest BCUT2D eigenvalue weighted by atomic mass is 32.2. The van der Waals surface area contributed by atoms with Gasteiger partial charge in [-0.25, -0.2) is 8.42 Å². The minimum Gasteiger partial charge on any atom is -0.224 e. The molecule has 3 rings (SSSR count). The quantitative estimate of drug-likeness (QED) is 0.708. The van der Waals surface area contributed by atoms with E-state index in [-0.39, 0.29) is 5.75 Å². The smallest absolute Gasteiger partial charge is 0.178 e. The van der Waals surface area contributed by atoms with Gasteiger partial charge in [-0.05, 0) is 40.8 Å². The molecule has 2 nitrogen and oxygen atoms in total. The normalized spacial score (nSPS) is 13.2. The second-order valence-corrected chi connectivity index (χ2v) is 6.83. The predicted octanol–water partition coefficient (Wildman–Crippen LogP) is 3.05. The van der Waals surface area contributed by atoms with Crippen molar-refractivity contribution in [3.8, 4) is 11.1 Å². The summed E-state index contributed by atoms with van der Waals surface area (Å²) >= 11 is 0. The van der Waals surface area contributed by atoms with Crippen LogP contribution in [0.5, 0.6) is 0 Å². The SMILES string of the molecule is CCS(=O)(=O)c1ccc2c(c1)Cc1ccccc1-2. The van der Waals surface area contributed by atoms with Crippen LogP contribution in [0.15, 0.2) is 47.4 Å². The third kappa shape index (κ3) is 1.66. The molecule has 0 saturated carbocycles. The van der Waals surface area contributed by atoms with Crippen LogP contribution in [-0.2, 0) is 16.3 Å². The lowest BCUT2D eigenvalue weighted by atomic mass is 10.1. The van der Waals surface area contributed by atoms with Gasteiger partial charge in [0.1, 0.15) is 0 Å². The zero-order valence-electron chi connectivity index (χ0n) is 10.2. The van der Waals surface area contributed by atoms with Crippen LogP contribution in [0.25, 0.3) is 11.1 Å². The van der Waals surface area contributed by atoms with Crippen LogP contribution in [-0.4, -0.2) is 14.2 Å². The van der Waals surface area contributed by atoms with E-state index in [9.17, 15) is 8.42 Å². The molecule has 0 unspecified atom stereocenters. The molecule has 1 aliphatic rings. The minimum atomic E-state index is -3.11. The van der Waals surface area contributed by atoms with Crippen molar-refractivity contribution in [2.75, 3.05) is 5.75 Å². The first-order valence-corrected chi connectivity index (χ1v) is 7.71. The van der Waals surface area contributed by atoms with Crippen molar-refractivity contribution in [3.05, 3.63) is 53.6 Å². The molecule has 0 fully saturated rings. The van der Waals surface area contributed by atoms with Gasteiger partial charge in [-0.3, -0.25) is 0 Å². The van der Waals surface area contributed by atoms with Crippen LogP contribution in [0.3, 0.4) is 0 Å². The van der Waals surface area contributed by atoms with E-state index in [4.69, 9.17) is 0 Å². The van der Waals surface area contributed by atoms with E-state index >= 15 is 0 Å². The van der Waals surface area contributed by atoms with Crippen LogP contribution in [0, 0.1) is 0 Å². The maximum Gasteiger partial charge on any atom is 0.178 e. The maximum atomic E-state index is 11.9. The van der Waals surface area contributed by atoms with Crippen molar-refractivity contribution >= 4 is 9.84 Å². The minimum absolute atomic E-state index is 0.152. The van der Waals surface area contributed by atoms with E-state index in [2.05, 4.69) is 12.1 Å². The van der Waals surface area contributed by atoms with Crippen LogP contribution in [0.2, 0.25) is 0 Å². The molecule has 0 amide bonds. The highest BCUT2D eigenvalue weighted by Gasteiger charge is 2.20. The molecule has 1 aliphatic carbocycles. The standard InChI is InChI=1S/C15H14O2S/c1-2-18(16,17)13-7-8-15-12(10-13)9-11-5-3-4-6-14(11)15/h3-8,10H,2,9H2,1H3. The van der Waals surface area contributed by atoms with E-state index < -0.39 is 9.84 Å². The third-order valence-corrected chi connectivity index (χ3v) is 5.24. The lowest BCUT2D eigenvalue weighted by Gasteiger charge is -2.05. The van der Waals surface area contributed by atoms with Crippen molar-refractivity contribution in [1.82, 2.24) is 0 Å². The molecular formula is C15H14O2S. The summed E-state index contributed by atoms with van der Waals surface area (Å²) in [6.07, 6.45) is 0.832. The third-order valence-electron chi connectivity index (χ3n) is 3.50. The summed E-state index contributed by atoms with van der Waals surface area (Å²) in [5, 5.41) is 0. The van der Waals surface area contributed by atoms with Crippen LogP contribution in [0.1, 0.15) is 18.1 Å². The van der Waals surface area contributed by atoms with E-state index in [1.54, 1.807) is 13.0 Å². The number of hydrogen-bond donors (Lipinski definition) is 0. The van der Waals surface area contributed by atoms with Gasteiger partial charge in [0.15, 0.2) is 9.84 Å². The molecule has 0 atom stereocenters. The van der Waals surface area contributed by atoms with Crippen LogP contribution in [0.4, 0.5) is 0 Å². The topological polar surface area (TPSA) is 34.1 Å². The average Bonchev–Trinajstić information content (AvgIpc) is 2.76. The average molecular weight is 258 g/mol. The molecule has 3 heteroatoms. The van der Waals surface area contributed by atoms with Gasteiger partial charge in [0.2, 0.25) is 0 Å². The molecule has 0 radical (unpaired) electrons. The van der Waals surface area contributed by atoms with E-state index in [1.807, 2.05) is 24.3 Å². The Hall–Kier alpha value is -1.61. The summed E-state index contributed by atoms with van der Waals surface area (Å²) < 4.78 is 23.7. The molecule has 2 aromatic carbocycles. The van der Waals surface area contributed by atoms with E-state index in [0.717, 1.165) is 12.0 Å². The Kier molecular flexibility index (Phi) is 2.52. The molecule has 0 aliphatic heterocycles. The molecule has 18 heavy (non-hydrogen) atoms. The summed E-state index contributed by atoms with van der Waals surface area (Å²) in [5.41, 5.74) is 4.79. The summed E-state index contributed by atoms with van der Waals surface area (Å²) in [4.78, 5) is 0.441. The number of sulfone groups is 1. The van der Waals surface area contributed by atoms with Crippen LogP contribution < -0.4 is 0 Å². The zero-order chi connectivity index (χ0) is 12.8. The Morgan fingerprint density at radius 2 is 1.72 bits per heavy atom. The molecule has 0 saturated heterocycles. The fraction of sp³-hybridized carbons (Fsp3) is 0.200. The second kappa shape index (κ2) is 3.95. The number of rotatable bonds is 2. The molecule has 92 valence electrons. The van der Waals surface area contributed by atoms with Gasteiger partial charge in [0, 0.05) is 0 Å². The van der Waals surface area contributed by atoms with Crippen LogP contribution >= 0.6 is 0 Å². The number of benzene rings is 2. The Bertz CT molecular complexity index is 715. The zero-order valence-corrected chi connectivity index (χ0v) is 11.0. The Morgan fingerprint density at radius 1 is 1.00 bits per heavy atom. The lowest BCUT2D eigenvalue weighted by molar-refractivity contribution is 0.597. The highest BCUT2D eigenvalue weighted by Crippen LogP contribution is 2.37. The van der Waals surface area contributed by atoms with Gasteiger partial charge in [-0.15, -0.1) is 0 Å². The molecule has 0 N–H and O–H groups in total. The predicted molar refractivity (Wildman–Crippen MR) is 72.4 cm³/mol. The second-order valence-electron chi connectivity index (χ2n) is 4.56. The van der Waals surface area contributed by atoms with E-state index in [0.29, 0.717) is 4.90 Å². The molecule has 0 heterocycles. The highest BCUT2D eigenvalue weighted by molar-refractivity contribution is 7.91. The van der Waals surface area contributed by atoms with Crippen molar-refractivity contribution in [3.63, 3.8) is 0 Å². The first-order chi connectivity index (χ1) is 8.62. The number of hydrogen-bond acceptors (Lipinski definition) is 2. The molecular weight excluding hydrogens is 244 g/mol. The summed E-state index contributed by atoms with van der Waals surface area (Å²) in [5.74, 6) is 0.152. The first-order valence-electron chi connectivity index (χ1n) is 6.06. The summed E-state index contributed by atoms with van der Waals surface area (Å²) in [6, 6.07) is 13.7. The van der Waals surface area contributed by atoms with E-state index in [1.165, 1.54) is 16.7 Å². The molecule has 0 aromatic heterocycles. The fourth-order valence-corrected chi connectivity index (χ4v) is 3.41. The monoisotopic (exact) mass is 258 g/mol. The molecule has 0 spiro atoms. The van der Waals surface area contributed by atoms with Gasteiger partial charge in [-0.2, -0.15) is 0 Å². The lowest BCUT2D eigenvalue weighted by Crippen LogP contribution is -2.03. The Morgan fingerprint density at radius 3 is 2.50 bits per heavy atom. The fourth-order valence-electron chi connectivity index (χ4n) is 2.48. The first kappa shape index (κ1) is 11.5. The van der Waals surface area contributed by atoms with Gasteiger partial charge >= 0.3 is 0 Å². The molecule has 2 aromatic rings. The Balaban J connectivity index is 2.15. The molecule has 0 bridgehead atoms. The van der Waals surface area contributed by atoms with Crippen molar-refractivity contribution < 1.29 is 8.42 Å². The van der Waals surface area contributed by atoms with Crippen molar-refractivity contribution in [2.24, 2.45) is 0 Å². The Labute approximate surface area is 107 Å². The van der Waals surface area contributed by atoms with Crippen molar-refractivity contribution in [1.29, 1.82) is 0 Å². The van der Waals surface area contributed by atoms with Gasteiger partial charge < -0.3 is 0 Å². The van der Waals surface area contributed by atoms with Gasteiger partial charge in [-0.1, -0.05) is 37.3 Å². The maximum absolute atomic E-state index is 11.9. The summed E-state index contributed by atoms with van der Waals surface area (Å²) in [6.45, 7) is 1.68. The number of fused-ring (bicyclic) bond motifs is 3. The van der Waals surface area contributed by atoms with Gasteiger partial charge in [0.25, 0.3) is 0 Å². The van der Waals surface area contributed by atoms with Gasteiger partial charge in [0.05, 0.1) is 10.6 Å². The largest absolute Gasteiger partial charge is 0.224 e. The van der Waals surface area contributed by atoms with Crippen molar-refractivity contribution in [2.45, 2.75) is 18.2 Å². The summed E-state index contributed by atoms with van der Waals surface area (Å²) in [7, 11) is -3.11.